The Morgan fingerprint density at radius 1 is 1.54 bits per heavy atom. The molecule has 0 radical (unpaired) electrons. The third kappa shape index (κ3) is 3.36. The van der Waals surface area contributed by atoms with E-state index in [1.807, 2.05) is 0 Å². The molecule has 0 bridgehead atoms. The van der Waals surface area contributed by atoms with Crippen molar-refractivity contribution in [3.8, 4) is 0 Å². The molecule has 0 unspecified atom stereocenters. The molecule has 154 valence electrons. The van der Waals surface area contributed by atoms with Crippen molar-refractivity contribution in [2.75, 3.05) is 0 Å². The third-order valence-electron chi connectivity index (χ3n) is 5.37. The maximum Gasteiger partial charge on any atom is 0.338 e. The number of nitrogens with one attached hydrogen (secondary N) is 1. The van der Waals surface area contributed by atoms with Crippen molar-refractivity contribution in [3.05, 3.63) is 30.1 Å². The zero-order valence-corrected chi connectivity index (χ0v) is 16.8. The second-order valence-electron chi connectivity index (χ2n) is 7.31. The summed E-state index contributed by atoms with van der Waals surface area (Å²) < 4.78 is 7.06. The molecule has 0 spiro atoms. The number of nitrogens with two attached hydrogens (primary N) is 1. The number of carbonyl (C=O) groups is 2. The number of fused-ring (bicyclic) bond motifs is 1. The van der Waals surface area contributed by atoms with Crippen molar-refractivity contribution < 1.29 is 24.5 Å². The maximum absolute atomic E-state index is 12.6. The fraction of sp³-hybridized carbons (Fsp3) is 0.588. The Labute approximate surface area is 171 Å². The van der Waals surface area contributed by atoms with Gasteiger partial charge in [-0.05, 0) is 13.8 Å². The van der Waals surface area contributed by atoms with Crippen LogP contribution in [-0.2, 0) is 14.3 Å². The minimum absolute atomic E-state index is 0.00564. The van der Waals surface area contributed by atoms with Gasteiger partial charge in [-0.3, -0.25) is 4.79 Å². The van der Waals surface area contributed by atoms with Gasteiger partial charge < -0.3 is 30.6 Å². The Kier molecular flexibility index (Phi) is 5.64. The number of hydrogen-bond donors (Lipinski definition) is 4. The minimum atomic E-state index is -1.56. The van der Waals surface area contributed by atoms with Crippen LogP contribution in [0.25, 0.3) is 0 Å². The highest BCUT2D eigenvalue weighted by Crippen LogP contribution is 2.47. The quantitative estimate of drug-likeness (QED) is 0.402. The molecule has 0 aromatic carbocycles. The number of aromatic nitrogens is 2. The molecule has 1 aliphatic heterocycles. The van der Waals surface area contributed by atoms with E-state index < -0.39 is 52.5 Å². The summed E-state index contributed by atoms with van der Waals surface area (Å²) in [5, 5.41) is 24.4. The van der Waals surface area contributed by atoms with E-state index in [2.05, 4.69) is 10.3 Å². The topological polar surface area (TPSA) is 140 Å². The van der Waals surface area contributed by atoms with Gasteiger partial charge in [0.2, 0.25) is 5.91 Å². The van der Waals surface area contributed by atoms with Gasteiger partial charge in [-0.2, -0.15) is 0 Å². The first-order valence-electron chi connectivity index (χ1n) is 8.72. The van der Waals surface area contributed by atoms with Gasteiger partial charge in [-0.1, -0.05) is 0 Å². The number of amides is 1. The molecule has 11 heteroatoms. The van der Waals surface area contributed by atoms with Crippen molar-refractivity contribution in [1.82, 2.24) is 14.9 Å². The second kappa shape index (κ2) is 7.55. The van der Waals surface area contributed by atoms with Crippen LogP contribution in [0.4, 0.5) is 0 Å². The summed E-state index contributed by atoms with van der Waals surface area (Å²) in [6.07, 6.45) is 3.49. The average molecular weight is 433 g/mol. The van der Waals surface area contributed by atoms with Crippen molar-refractivity contribution >= 4 is 35.1 Å². The summed E-state index contributed by atoms with van der Waals surface area (Å²) in [6, 6.07) is -2.51. The molecular formula is C17H22Cl2N4O5. The van der Waals surface area contributed by atoms with E-state index in [1.54, 1.807) is 10.8 Å². The predicted molar refractivity (Wildman–Crippen MR) is 101 cm³/mol. The maximum atomic E-state index is 12.6. The van der Waals surface area contributed by atoms with Gasteiger partial charge in [0.15, 0.2) is 5.60 Å². The fourth-order valence-corrected chi connectivity index (χ4v) is 4.13. The number of imidazole rings is 1. The number of halogens is 2. The number of hydrogen-bond acceptors (Lipinski definition) is 7. The molecule has 28 heavy (non-hydrogen) atoms. The van der Waals surface area contributed by atoms with Crippen molar-refractivity contribution in [1.29, 1.82) is 0 Å². The normalized spacial score (nSPS) is 34.0. The van der Waals surface area contributed by atoms with Gasteiger partial charge in [0, 0.05) is 24.7 Å². The number of cyclic esters (lactones) is 1. The lowest BCUT2D eigenvalue weighted by Gasteiger charge is -2.50. The zero-order valence-electron chi connectivity index (χ0n) is 15.3. The number of nitrogens with zero attached hydrogens (tertiary/aromatic N) is 2. The van der Waals surface area contributed by atoms with Crippen molar-refractivity contribution in [3.63, 3.8) is 0 Å². The number of allylic oxidation sites excluding steroid dienone is 1. The van der Waals surface area contributed by atoms with Crippen LogP contribution in [0.15, 0.2) is 30.1 Å². The Hall–Kier alpha value is -1.81. The van der Waals surface area contributed by atoms with Crippen LogP contribution in [-0.4, -0.2) is 60.3 Å². The van der Waals surface area contributed by atoms with E-state index >= 15 is 0 Å². The van der Waals surface area contributed by atoms with Crippen LogP contribution in [0, 0.1) is 5.92 Å². The van der Waals surface area contributed by atoms with Gasteiger partial charge >= 0.3 is 5.97 Å². The summed E-state index contributed by atoms with van der Waals surface area (Å²) in [5.41, 5.74) is 3.99. The van der Waals surface area contributed by atoms with Crippen molar-refractivity contribution in [2.45, 2.75) is 54.9 Å². The first-order valence-corrected chi connectivity index (χ1v) is 9.60. The third-order valence-corrected chi connectivity index (χ3v) is 6.24. The molecule has 2 aliphatic rings. The van der Waals surface area contributed by atoms with Crippen LogP contribution in [0.2, 0.25) is 0 Å². The van der Waals surface area contributed by atoms with Crippen LogP contribution < -0.4 is 11.1 Å². The molecule has 1 saturated heterocycles. The highest BCUT2D eigenvalue weighted by atomic mass is 35.5. The fourth-order valence-electron chi connectivity index (χ4n) is 3.77. The standard InChI is InChI=1S/C17H22Cl2N4O5/c1-7(20)14(26)22-13-11-10(15(27)28-17(13,2)16(18)19)9(24)5-8(12(11)25)23-4-3-21-6-23/h3-4,6-8,11-13,16,24-25H,5,20H2,1-2H3,(H,22,26)/t7-,8-,11-,12-,13+,17-/m0/s1. The smallest absolute Gasteiger partial charge is 0.338 e. The van der Waals surface area contributed by atoms with Crippen LogP contribution >= 0.6 is 23.2 Å². The summed E-state index contributed by atoms with van der Waals surface area (Å²) in [4.78, 5) is 27.7. The molecule has 1 amide bonds. The molecule has 5 N–H and O–H groups in total. The lowest BCUT2D eigenvalue weighted by atomic mass is 9.70. The van der Waals surface area contributed by atoms with Gasteiger partial charge in [0.1, 0.15) is 10.6 Å². The van der Waals surface area contributed by atoms with Gasteiger partial charge in [-0.25, -0.2) is 9.78 Å². The van der Waals surface area contributed by atoms with E-state index in [4.69, 9.17) is 33.7 Å². The predicted octanol–water partition coefficient (Wildman–Crippen LogP) is 0.568. The van der Waals surface area contributed by atoms with Gasteiger partial charge in [0.05, 0.1) is 36.1 Å². The number of carbonyl (C=O) groups excluding carboxylic acids is 2. The highest BCUT2D eigenvalue weighted by Gasteiger charge is 2.59. The highest BCUT2D eigenvalue weighted by molar-refractivity contribution is 6.45. The Morgan fingerprint density at radius 2 is 2.21 bits per heavy atom. The average Bonchev–Trinajstić information content (AvgIpc) is 3.14. The number of esters is 1. The Morgan fingerprint density at radius 3 is 2.75 bits per heavy atom. The van der Waals surface area contributed by atoms with Crippen LogP contribution in [0.5, 0.6) is 0 Å². The summed E-state index contributed by atoms with van der Waals surface area (Å²) >= 11 is 12.2. The summed E-state index contributed by atoms with van der Waals surface area (Å²) in [7, 11) is 0. The Bertz CT molecular complexity index is 797. The Balaban J connectivity index is 2.11. The van der Waals surface area contributed by atoms with E-state index in [1.165, 1.54) is 26.4 Å². The van der Waals surface area contributed by atoms with E-state index in [9.17, 15) is 19.8 Å². The van der Waals surface area contributed by atoms with Gasteiger partial charge in [-0.15, -0.1) is 23.2 Å². The molecule has 1 aromatic rings. The molecule has 3 rings (SSSR count). The van der Waals surface area contributed by atoms with E-state index in [0.717, 1.165) is 0 Å². The molecule has 0 saturated carbocycles. The van der Waals surface area contributed by atoms with E-state index in [-0.39, 0.29) is 17.8 Å². The molecule has 1 aliphatic carbocycles. The molecule has 1 aromatic heterocycles. The monoisotopic (exact) mass is 432 g/mol. The first kappa shape index (κ1) is 20.9. The molecule has 2 heterocycles. The van der Waals surface area contributed by atoms with Gasteiger partial charge in [0.25, 0.3) is 0 Å². The lowest BCUT2D eigenvalue weighted by molar-refractivity contribution is -0.171. The first-order chi connectivity index (χ1) is 13.1. The zero-order chi connectivity index (χ0) is 20.8. The lowest BCUT2D eigenvalue weighted by Crippen LogP contribution is -2.68. The second-order valence-corrected chi connectivity index (χ2v) is 8.40. The van der Waals surface area contributed by atoms with E-state index in [0.29, 0.717) is 0 Å². The largest absolute Gasteiger partial charge is 0.512 e. The van der Waals surface area contributed by atoms with Crippen LogP contribution in [0.1, 0.15) is 26.3 Å². The van der Waals surface area contributed by atoms with Crippen LogP contribution in [0.3, 0.4) is 0 Å². The number of ether oxygens (including phenoxy) is 1. The molecular weight excluding hydrogens is 411 g/mol. The number of aliphatic hydroxyl groups excluding tert-OH is 2. The molecule has 9 nitrogen and oxygen atoms in total. The van der Waals surface area contributed by atoms with Crippen molar-refractivity contribution in [2.24, 2.45) is 11.7 Å². The number of alkyl halides is 2. The molecule has 6 atom stereocenters. The summed E-state index contributed by atoms with van der Waals surface area (Å²) in [5.74, 6) is -2.64. The molecule has 1 fully saturated rings. The number of aliphatic hydroxyl groups is 2. The SMILES string of the molecule is C[C@H](N)C(=O)N[C@@H]1[C@H]2C(=C(O)C[C@H](n3ccnc3)[C@@H]2O)C(=O)O[C@]1(C)C(Cl)Cl. The summed E-state index contributed by atoms with van der Waals surface area (Å²) in [6.45, 7) is 2.95. The number of rotatable bonds is 4. The minimum Gasteiger partial charge on any atom is -0.512 e.